The summed E-state index contributed by atoms with van der Waals surface area (Å²) < 4.78 is 12.9. The van der Waals surface area contributed by atoms with Crippen LogP contribution in [-0.2, 0) is 27.4 Å². The standard InChI is InChI=1S/C24H32N6O5S/c1-36-10-8-16(25)24(33)34-12-18-21(32)20(31)17(35-18)7-9-30-14-29-19-22(27-13-28-23(19)30)26-11-15-5-3-2-4-6-15/h2-6,13-14,16-18,20-21,31-32H,7-12,25H2,1H3,(H,26,27,28)/t16-,17-,18+,20-,21+/m0/s1. The number of ether oxygens (including phenoxy) is 2. The highest BCUT2D eigenvalue weighted by Gasteiger charge is 2.43. The predicted octanol–water partition coefficient (Wildman–Crippen LogP) is 0.941. The highest BCUT2D eigenvalue weighted by Crippen LogP contribution is 2.26. The molecule has 11 nitrogen and oxygen atoms in total. The second-order valence-corrected chi connectivity index (χ2v) is 9.66. The first kappa shape index (κ1) is 26.3. The number of thioether (sulfide) groups is 1. The maximum Gasteiger partial charge on any atom is 0.323 e. The van der Waals surface area contributed by atoms with Gasteiger partial charge in [0.15, 0.2) is 11.5 Å². The maximum atomic E-state index is 12.1. The molecule has 2 aromatic heterocycles. The second kappa shape index (κ2) is 12.5. The zero-order valence-corrected chi connectivity index (χ0v) is 20.9. The van der Waals surface area contributed by atoms with Crippen LogP contribution < -0.4 is 11.1 Å². The van der Waals surface area contributed by atoms with Crippen LogP contribution >= 0.6 is 11.8 Å². The Morgan fingerprint density at radius 1 is 1.22 bits per heavy atom. The number of fused-ring (bicyclic) bond motifs is 1. The highest BCUT2D eigenvalue weighted by atomic mass is 32.2. The molecular weight excluding hydrogens is 484 g/mol. The van der Waals surface area contributed by atoms with Crippen molar-refractivity contribution < 1.29 is 24.5 Å². The smallest absolute Gasteiger partial charge is 0.323 e. The summed E-state index contributed by atoms with van der Waals surface area (Å²) in [5, 5.41) is 24.2. The number of esters is 1. The molecule has 5 atom stereocenters. The first-order valence-electron chi connectivity index (χ1n) is 11.8. The third kappa shape index (κ3) is 6.31. The third-order valence-electron chi connectivity index (χ3n) is 6.15. The monoisotopic (exact) mass is 516 g/mol. The van der Waals surface area contributed by atoms with Crippen molar-refractivity contribution in [3.05, 3.63) is 48.5 Å². The molecule has 0 radical (unpaired) electrons. The van der Waals surface area contributed by atoms with E-state index in [-0.39, 0.29) is 6.61 Å². The van der Waals surface area contributed by atoms with Crippen LogP contribution in [0.1, 0.15) is 18.4 Å². The fraction of sp³-hybridized carbons (Fsp3) is 0.500. The molecule has 0 aliphatic carbocycles. The lowest BCUT2D eigenvalue weighted by atomic mass is 10.1. The van der Waals surface area contributed by atoms with Gasteiger partial charge in [-0.2, -0.15) is 11.8 Å². The molecule has 0 unspecified atom stereocenters. The van der Waals surface area contributed by atoms with E-state index in [1.54, 1.807) is 18.1 Å². The number of carbonyl (C=O) groups is 1. The molecule has 36 heavy (non-hydrogen) atoms. The van der Waals surface area contributed by atoms with Crippen molar-refractivity contribution in [3.8, 4) is 0 Å². The minimum atomic E-state index is -1.17. The summed E-state index contributed by atoms with van der Waals surface area (Å²) in [5.41, 5.74) is 8.24. The normalized spacial score (nSPS) is 22.6. The molecule has 12 heteroatoms. The summed E-state index contributed by atoms with van der Waals surface area (Å²) in [5.74, 6) is 0.838. The molecule has 1 saturated heterocycles. The van der Waals surface area contributed by atoms with Crippen molar-refractivity contribution in [1.82, 2.24) is 19.5 Å². The number of carbonyl (C=O) groups excluding carboxylic acids is 1. The van der Waals surface area contributed by atoms with Crippen LogP contribution in [0.4, 0.5) is 5.82 Å². The van der Waals surface area contributed by atoms with E-state index in [4.69, 9.17) is 15.2 Å². The Morgan fingerprint density at radius 3 is 2.78 bits per heavy atom. The van der Waals surface area contributed by atoms with Gasteiger partial charge in [-0.1, -0.05) is 30.3 Å². The van der Waals surface area contributed by atoms with Gasteiger partial charge in [-0.05, 0) is 30.4 Å². The van der Waals surface area contributed by atoms with Gasteiger partial charge in [0.2, 0.25) is 0 Å². The van der Waals surface area contributed by atoms with Crippen LogP contribution in [0.3, 0.4) is 0 Å². The molecule has 5 N–H and O–H groups in total. The number of rotatable bonds is 12. The number of nitrogens with two attached hydrogens (primary N) is 1. The van der Waals surface area contributed by atoms with Gasteiger partial charge in [0.25, 0.3) is 0 Å². The fourth-order valence-electron chi connectivity index (χ4n) is 4.06. The first-order valence-corrected chi connectivity index (χ1v) is 13.2. The molecule has 0 amide bonds. The van der Waals surface area contributed by atoms with Crippen LogP contribution in [0.15, 0.2) is 43.0 Å². The molecule has 194 valence electrons. The average molecular weight is 517 g/mol. The quantitative estimate of drug-likeness (QED) is 0.254. The van der Waals surface area contributed by atoms with Crippen molar-refractivity contribution in [2.24, 2.45) is 5.73 Å². The van der Waals surface area contributed by atoms with Gasteiger partial charge in [-0.25, -0.2) is 15.0 Å². The summed E-state index contributed by atoms with van der Waals surface area (Å²) >= 11 is 1.60. The van der Waals surface area contributed by atoms with Gasteiger partial charge >= 0.3 is 5.97 Å². The Hall–Kier alpha value is -2.77. The molecule has 1 aliphatic heterocycles. The number of nitrogens with zero attached hydrogens (tertiary/aromatic N) is 4. The first-order chi connectivity index (χ1) is 17.5. The van der Waals surface area contributed by atoms with E-state index < -0.39 is 36.4 Å². The summed E-state index contributed by atoms with van der Waals surface area (Å²) in [7, 11) is 0. The van der Waals surface area contributed by atoms with Gasteiger partial charge in [0, 0.05) is 13.1 Å². The SMILES string of the molecule is CSCC[C@H](N)C(=O)OC[C@H]1O[C@@H](CCn2cnc3c(NCc4ccccc4)ncnc32)[C@H](O)[C@@H]1O. The van der Waals surface area contributed by atoms with Gasteiger partial charge in [0.1, 0.15) is 42.8 Å². The Morgan fingerprint density at radius 2 is 2.00 bits per heavy atom. The van der Waals surface area contributed by atoms with Gasteiger partial charge in [-0.15, -0.1) is 0 Å². The summed E-state index contributed by atoms with van der Waals surface area (Å²) in [4.78, 5) is 25.2. The second-order valence-electron chi connectivity index (χ2n) is 8.67. The Labute approximate surface area is 213 Å². The van der Waals surface area contributed by atoms with E-state index in [0.717, 1.165) is 11.3 Å². The van der Waals surface area contributed by atoms with Crippen LogP contribution in [-0.4, -0.2) is 84.8 Å². The van der Waals surface area contributed by atoms with Crippen molar-refractivity contribution in [2.75, 3.05) is 23.9 Å². The Bertz CT molecular complexity index is 1130. The van der Waals surface area contributed by atoms with Gasteiger partial charge in [-0.3, -0.25) is 4.79 Å². The van der Waals surface area contributed by atoms with Crippen LogP contribution in [0.5, 0.6) is 0 Å². The lowest BCUT2D eigenvalue weighted by Crippen LogP contribution is -2.38. The van der Waals surface area contributed by atoms with Crippen LogP contribution in [0.25, 0.3) is 11.2 Å². The molecule has 0 bridgehead atoms. The zero-order valence-electron chi connectivity index (χ0n) is 20.1. The Kier molecular flexibility index (Phi) is 9.10. The summed E-state index contributed by atoms with van der Waals surface area (Å²) in [6.45, 7) is 0.887. The zero-order chi connectivity index (χ0) is 25.5. The number of hydrogen-bond donors (Lipinski definition) is 4. The van der Waals surface area contributed by atoms with Gasteiger partial charge < -0.3 is 35.3 Å². The number of aromatic nitrogens is 4. The third-order valence-corrected chi connectivity index (χ3v) is 6.79. The van der Waals surface area contributed by atoms with E-state index in [1.165, 1.54) is 6.33 Å². The van der Waals surface area contributed by atoms with E-state index in [1.807, 2.05) is 41.2 Å². The van der Waals surface area contributed by atoms with Crippen molar-refractivity contribution >= 4 is 34.7 Å². The number of aliphatic hydroxyl groups excluding tert-OH is 2. The Balaban J connectivity index is 1.32. The van der Waals surface area contributed by atoms with Crippen LogP contribution in [0, 0.1) is 0 Å². The van der Waals surface area contributed by atoms with E-state index in [9.17, 15) is 15.0 Å². The topological polar surface area (TPSA) is 158 Å². The molecule has 1 aliphatic rings. The molecular formula is C24H32N6O5S. The van der Waals surface area contributed by atoms with Crippen molar-refractivity contribution in [3.63, 3.8) is 0 Å². The van der Waals surface area contributed by atoms with E-state index in [0.29, 0.717) is 42.9 Å². The molecule has 0 spiro atoms. The van der Waals surface area contributed by atoms with Crippen molar-refractivity contribution in [2.45, 2.75) is 56.4 Å². The summed E-state index contributed by atoms with van der Waals surface area (Å²) in [6, 6.07) is 9.26. The number of anilines is 1. The van der Waals surface area contributed by atoms with Crippen molar-refractivity contribution in [1.29, 1.82) is 0 Å². The number of aliphatic hydroxyl groups is 2. The highest BCUT2D eigenvalue weighted by molar-refractivity contribution is 7.98. The van der Waals surface area contributed by atoms with E-state index >= 15 is 0 Å². The number of aryl methyl sites for hydroxylation is 1. The number of hydrogen-bond acceptors (Lipinski definition) is 11. The minimum Gasteiger partial charge on any atom is -0.462 e. The maximum absolute atomic E-state index is 12.1. The molecule has 3 aromatic rings. The number of imidazole rings is 1. The average Bonchev–Trinajstić information content (AvgIpc) is 3.44. The molecule has 3 heterocycles. The van der Waals surface area contributed by atoms with Crippen LogP contribution in [0.2, 0.25) is 0 Å². The largest absolute Gasteiger partial charge is 0.462 e. The fourth-order valence-corrected chi connectivity index (χ4v) is 4.55. The predicted molar refractivity (Wildman–Crippen MR) is 136 cm³/mol. The molecule has 0 saturated carbocycles. The minimum absolute atomic E-state index is 0.168. The number of benzene rings is 1. The number of nitrogens with one attached hydrogen (secondary N) is 1. The lowest BCUT2D eigenvalue weighted by Gasteiger charge is -2.17. The van der Waals surface area contributed by atoms with Gasteiger partial charge in [0.05, 0.1) is 12.4 Å². The lowest BCUT2D eigenvalue weighted by molar-refractivity contribution is -0.150. The molecule has 4 rings (SSSR count). The molecule has 1 aromatic carbocycles. The molecule has 1 fully saturated rings. The van der Waals surface area contributed by atoms with E-state index in [2.05, 4.69) is 20.3 Å². The summed E-state index contributed by atoms with van der Waals surface area (Å²) in [6.07, 6.45) is 2.26.